The maximum atomic E-state index is 14.1. The van der Waals surface area contributed by atoms with Crippen molar-refractivity contribution in [3.63, 3.8) is 0 Å². The van der Waals surface area contributed by atoms with Crippen molar-refractivity contribution in [1.29, 1.82) is 5.26 Å². The molecule has 15 nitrogen and oxygen atoms in total. The number of likely N-dealkylation sites (tertiary alicyclic amines) is 2. The molecule has 4 amide bonds. The average Bonchev–Trinajstić information content (AvgIpc) is 4.00. The summed E-state index contributed by atoms with van der Waals surface area (Å²) < 4.78 is 53.3. The van der Waals surface area contributed by atoms with E-state index >= 15 is 0 Å². The number of aliphatic hydroxyl groups excluding tert-OH is 1. The maximum absolute atomic E-state index is 14.1. The lowest BCUT2D eigenvalue weighted by Crippen LogP contribution is -2.58. The molecule has 3 saturated heterocycles. The van der Waals surface area contributed by atoms with Gasteiger partial charge in [0.1, 0.15) is 30.0 Å². The molecule has 4 heterocycles. The number of thiocarbonyl (C=S) groups is 1. The molecule has 20 heteroatoms. The summed E-state index contributed by atoms with van der Waals surface area (Å²) in [5, 5.41) is 25.7. The second kappa shape index (κ2) is 21.8. The number of alkyl halides is 3. The fourth-order valence-electron chi connectivity index (χ4n) is 9.10. The summed E-state index contributed by atoms with van der Waals surface area (Å²) in [5.74, 6) is -1.06. The standard InChI is InChI=1S/C51H59F3N8O7S2/c1-31-43(71-30-57-31)33-9-7-32(8-10-33)28-56-45(65)41-26-37(63)29-60(41)46(66)44(49(2,3)4)58-42(64)19-22-59-20-17-39(18-21-59)69-24-23-68-38-15-13-35(14-16-38)62-48(70)61(47(67)50(62,5)6)36-12-11-34(27-55)40(25-36)51(52,53)54/h7-16,25,30,37,39,41,44,63H,17-24,26,28-29H2,1-6H3,(H,56,65)(H,58,64)/t37-,41+,44?/m1/s1. The van der Waals surface area contributed by atoms with Gasteiger partial charge in [0, 0.05) is 51.3 Å². The summed E-state index contributed by atoms with van der Waals surface area (Å²) in [6.07, 6.45) is -3.92. The Labute approximate surface area is 420 Å². The van der Waals surface area contributed by atoms with Crippen LogP contribution in [0.4, 0.5) is 24.5 Å². The topological polar surface area (TPSA) is 181 Å². The van der Waals surface area contributed by atoms with Gasteiger partial charge in [-0.3, -0.25) is 24.1 Å². The van der Waals surface area contributed by atoms with Gasteiger partial charge in [0.15, 0.2) is 5.11 Å². The summed E-state index contributed by atoms with van der Waals surface area (Å²) in [4.78, 5) is 66.2. The van der Waals surface area contributed by atoms with Crippen LogP contribution in [0.15, 0.2) is 72.2 Å². The number of carbonyl (C=O) groups is 4. The number of aliphatic hydroxyl groups is 1. The lowest BCUT2D eigenvalue weighted by atomic mass is 9.85. The number of hydrogen-bond acceptors (Lipinski definition) is 12. The van der Waals surface area contributed by atoms with E-state index < -0.39 is 58.3 Å². The highest BCUT2D eigenvalue weighted by Crippen LogP contribution is 2.40. The molecule has 71 heavy (non-hydrogen) atoms. The molecule has 3 fully saturated rings. The molecular weight excluding hydrogens is 958 g/mol. The van der Waals surface area contributed by atoms with E-state index in [1.54, 1.807) is 65.9 Å². The number of nitrogens with zero attached hydrogens (tertiary/aromatic N) is 6. The Hall–Kier alpha value is -5.98. The number of nitrogens with one attached hydrogen (secondary N) is 2. The highest BCUT2D eigenvalue weighted by molar-refractivity contribution is 7.81. The monoisotopic (exact) mass is 1020 g/mol. The Bertz CT molecular complexity index is 2640. The van der Waals surface area contributed by atoms with E-state index in [0.717, 1.165) is 51.6 Å². The molecule has 3 aliphatic rings. The third kappa shape index (κ3) is 12.2. The third-order valence-electron chi connectivity index (χ3n) is 13.1. The maximum Gasteiger partial charge on any atom is 0.417 e. The van der Waals surface area contributed by atoms with Crippen molar-refractivity contribution in [2.75, 3.05) is 49.2 Å². The van der Waals surface area contributed by atoms with E-state index in [1.807, 2.05) is 52.0 Å². The van der Waals surface area contributed by atoms with E-state index in [-0.39, 0.29) is 61.3 Å². The molecule has 0 radical (unpaired) electrons. The number of hydrogen-bond donors (Lipinski definition) is 3. The minimum absolute atomic E-state index is 0.00355. The van der Waals surface area contributed by atoms with E-state index in [4.69, 9.17) is 21.7 Å². The first-order valence-corrected chi connectivity index (χ1v) is 24.8. The number of thiazole rings is 1. The smallest absolute Gasteiger partial charge is 0.417 e. The number of nitriles is 1. The molecule has 3 aromatic carbocycles. The molecule has 0 saturated carbocycles. The number of carbonyl (C=O) groups excluding carboxylic acids is 4. The first-order chi connectivity index (χ1) is 33.6. The number of amides is 4. The lowest BCUT2D eigenvalue weighted by molar-refractivity contribution is -0.144. The molecular formula is C51H59F3N8O7S2. The van der Waals surface area contributed by atoms with Crippen LogP contribution < -0.4 is 25.2 Å². The van der Waals surface area contributed by atoms with E-state index in [1.165, 1.54) is 11.0 Å². The van der Waals surface area contributed by atoms with Gasteiger partial charge < -0.3 is 39.9 Å². The van der Waals surface area contributed by atoms with Crippen LogP contribution in [0.2, 0.25) is 0 Å². The van der Waals surface area contributed by atoms with E-state index in [0.29, 0.717) is 37.7 Å². The number of rotatable bonds is 16. The summed E-state index contributed by atoms with van der Waals surface area (Å²) in [6, 6.07) is 17.5. The van der Waals surface area contributed by atoms with Gasteiger partial charge in [-0.25, -0.2) is 4.98 Å². The summed E-state index contributed by atoms with van der Waals surface area (Å²) in [5.41, 5.74) is 1.50. The second-order valence-corrected chi connectivity index (χ2v) is 20.8. The van der Waals surface area contributed by atoms with Gasteiger partial charge in [-0.05, 0) is 105 Å². The first kappa shape index (κ1) is 52.8. The van der Waals surface area contributed by atoms with Crippen LogP contribution in [-0.2, 0) is 36.6 Å². The van der Waals surface area contributed by atoms with Gasteiger partial charge in [-0.1, -0.05) is 45.0 Å². The molecule has 7 rings (SSSR count). The number of halogens is 3. The number of ether oxygens (including phenoxy) is 2. The Morgan fingerprint density at radius 1 is 1.01 bits per heavy atom. The number of piperidine rings is 1. The average molecular weight is 1020 g/mol. The highest BCUT2D eigenvalue weighted by atomic mass is 32.1. The van der Waals surface area contributed by atoms with Crippen molar-refractivity contribution in [2.45, 2.75) is 110 Å². The SMILES string of the molecule is Cc1ncsc1-c1ccc(CNC(=O)[C@@H]2C[C@@H](O)CN2C(=O)C(NC(=O)CCN2CCC(OCCOc3ccc(N4C(=S)N(c5ccc(C#N)c(C(F)(F)F)c5)C(=O)C4(C)C)cc3)CC2)C(C)(C)C)cc1. The molecule has 1 unspecified atom stereocenters. The van der Waals surface area contributed by atoms with Gasteiger partial charge in [-0.15, -0.1) is 11.3 Å². The minimum Gasteiger partial charge on any atom is -0.491 e. The Morgan fingerprint density at radius 2 is 1.69 bits per heavy atom. The predicted octanol–water partition coefficient (Wildman–Crippen LogP) is 6.98. The largest absolute Gasteiger partial charge is 0.491 e. The zero-order chi connectivity index (χ0) is 51.4. The summed E-state index contributed by atoms with van der Waals surface area (Å²) in [6.45, 7) is 13.5. The number of β-amino-alcohol motifs (C(OH)–C–C–N with tert-alkyl or cyclic N) is 1. The Balaban J connectivity index is 0.828. The van der Waals surface area contributed by atoms with Crippen LogP contribution in [0.1, 0.15) is 82.7 Å². The van der Waals surface area contributed by atoms with Crippen molar-refractivity contribution in [1.82, 2.24) is 25.4 Å². The van der Waals surface area contributed by atoms with Gasteiger partial charge in [0.2, 0.25) is 17.7 Å². The molecule has 3 aliphatic heterocycles. The van der Waals surface area contributed by atoms with Crippen LogP contribution in [-0.4, -0.2) is 118 Å². The van der Waals surface area contributed by atoms with Crippen LogP contribution >= 0.6 is 23.6 Å². The number of aromatic nitrogens is 1. The Morgan fingerprint density at radius 3 is 2.31 bits per heavy atom. The molecule has 3 atom stereocenters. The fourth-order valence-corrected chi connectivity index (χ4v) is 10.4. The van der Waals surface area contributed by atoms with Crippen LogP contribution in [0.25, 0.3) is 10.4 Å². The van der Waals surface area contributed by atoms with E-state index in [9.17, 15) is 42.7 Å². The van der Waals surface area contributed by atoms with Crippen LogP contribution in [0.5, 0.6) is 5.75 Å². The molecule has 378 valence electrons. The van der Waals surface area contributed by atoms with Gasteiger partial charge in [0.25, 0.3) is 5.91 Å². The number of benzene rings is 3. The second-order valence-electron chi connectivity index (χ2n) is 19.6. The number of aryl methyl sites for hydroxylation is 1. The normalized spacial score (nSPS) is 19.2. The van der Waals surface area contributed by atoms with Crippen molar-refractivity contribution in [3.8, 4) is 22.3 Å². The molecule has 1 aromatic heterocycles. The van der Waals surface area contributed by atoms with Gasteiger partial charge in [0.05, 0.1) is 57.8 Å². The third-order valence-corrected chi connectivity index (χ3v) is 14.4. The van der Waals surface area contributed by atoms with Gasteiger partial charge >= 0.3 is 6.18 Å². The summed E-state index contributed by atoms with van der Waals surface area (Å²) >= 11 is 7.21. The highest BCUT2D eigenvalue weighted by Gasteiger charge is 2.51. The Kier molecular flexibility index (Phi) is 16.2. The first-order valence-electron chi connectivity index (χ1n) is 23.5. The molecule has 3 N–H and O–H groups in total. The summed E-state index contributed by atoms with van der Waals surface area (Å²) in [7, 11) is 0. The molecule has 0 spiro atoms. The molecule has 0 bridgehead atoms. The van der Waals surface area contributed by atoms with Gasteiger partial charge in [-0.2, -0.15) is 18.4 Å². The minimum atomic E-state index is -4.81. The number of anilines is 2. The van der Waals surface area contributed by atoms with Crippen molar-refractivity contribution in [3.05, 3.63) is 94.6 Å². The van der Waals surface area contributed by atoms with Crippen LogP contribution in [0.3, 0.4) is 0 Å². The zero-order valence-corrected chi connectivity index (χ0v) is 42.2. The fraction of sp³-hybridized carbons (Fsp3) is 0.471. The quantitative estimate of drug-likeness (QED) is 0.0775. The van der Waals surface area contributed by atoms with E-state index in [2.05, 4.69) is 20.5 Å². The predicted molar refractivity (Wildman–Crippen MR) is 266 cm³/mol. The van der Waals surface area contributed by atoms with Crippen molar-refractivity contribution in [2.24, 2.45) is 5.41 Å². The van der Waals surface area contributed by atoms with Crippen molar-refractivity contribution < 1.29 is 46.9 Å². The molecule has 0 aliphatic carbocycles. The van der Waals surface area contributed by atoms with Crippen molar-refractivity contribution >= 4 is 63.7 Å². The zero-order valence-electron chi connectivity index (χ0n) is 40.5. The van der Waals surface area contributed by atoms with Crippen LogP contribution in [0, 0.1) is 23.7 Å². The lowest BCUT2D eigenvalue weighted by Gasteiger charge is -2.36. The molecule has 4 aromatic rings.